The van der Waals surface area contributed by atoms with Crippen LogP contribution in [0.25, 0.3) is 6.08 Å². The van der Waals surface area contributed by atoms with Crippen molar-refractivity contribution in [1.29, 1.82) is 5.26 Å². The summed E-state index contributed by atoms with van der Waals surface area (Å²) in [6.45, 7) is 3.91. The molecule has 0 aliphatic carbocycles. The Balaban J connectivity index is 1.82. The maximum atomic E-state index is 12.5. The minimum atomic E-state index is -3.57. The Labute approximate surface area is 205 Å². The van der Waals surface area contributed by atoms with Crippen molar-refractivity contribution < 1.29 is 27.5 Å². The van der Waals surface area contributed by atoms with Gasteiger partial charge >= 0.3 is 5.97 Å². The number of amides is 1. The Hall–Kier alpha value is -4.08. The van der Waals surface area contributed by atoms with Crippen molar-refractivity contribution in [2.45, 2.75) is 18.2 Å². The molecule has 1 N–H and O–H groups in total. The molecule has 0 spiro atoms. The topological polar surface area (TPSA) is 148 Å². The Morgan fingerprint density at radius 1 is 1.17 bits per heavy atom. The van der Waals surface area contributed by atoms with Crippen LogP contribution < -0.4 is 14.8 Å². The van der Waals surface area contributed by atoms with E-state index in [1.165, 1.54) is 18.2 Å². The van der Waals surface area contributed by atoms with E-state index in [1.54, 1.807) is 37.3 Å². The number of nitrogens with zero attached hydrogens (tertiary/aromatic N) is 3. The molecule has 0 unspecified atom stereocenters. The Morgan fingerprint density at radius 3 is 2.57 bits per heavy atom. The molecular weight excluding hydrogens is 492 g/mol. The van der Waals surface area contributed by atoms with Gasteiger partial charge in [-0.15, -0.1) is 10.2 Å². The predicted molar refractivity (Wildman–Crippen MR) is 129 cm³/mol. The molecule has 180 valence electrons. The number of rotatable bonds is 8. The van der Waals surface area contributed by atoms with Gasteiger partial charge in [-0.25, -0.2) is 13.2 Å². The number of ether oxygens (including phenoxy) is 2. The third-order valence-electron chi connectivity index (χ3n) is 4.34. The molecule has 10 nitrogen and oxygen atoms in total. The van der Waals surface area contributed by atoms with Gasteiger partial charge in [0.05, 0.1) is 12.2 Å². The van der Waals surface area contributed by atoms with Crippen molar-refractivity contribution >= 4 is 44.3 Å². The maximum absolute atomic E-state index is 12.5. The number of anilines is 1. The standard InChI is InChI=1S/C23H20N4O6S2/c1-4-32-19-12-15(8-9-18(19)33-21(29)16-7-5-6-14(2)10-16)11-17(13-24)20(28)25-22-26-27-23(34-22)35(3,30)31/h5-12H,4H2,1-3H3,(H,25,26,28). The fraction of sp³-hybridized carbons (Fsp3) is 0.174. The molecule has 0 aliphatic heterocycles. The first-order valence-corrected chi connectivity index (χ1v) is 12.8. The molecule has 3 aromatic rings. The van der Waals surface area contributed by atoms with E-state index in [0.29, 0.717) is 22.5 Å². The van der Waals surface area contributed by atoms with Crippen LogP contribution in [-0.2, 0) is 14.6 Å². The predicted octanol–water partition coefficient (Wildman–Crippen LogP) is 3.41. The second kappa shape index (κ2) is 10.9. The summed E-state index contributed by atoms with van der Waals surface area (Å²) >= 11 is 0.671. The number of hydrogen-bond acceptors (Lipinski definition) is 10. The van der Waals surface area contributed by atoms with Crippen molar-refractivity contribution in [3.05, 3.63) is 64.7 Å². The third kappa shape index (κ3) is 6.72. The molecule has 0 saturated carbocycles. The minimum Gasteiger partial charge on any atom is -0.490 e. The molecular formula is C23H20N4O6S2. The van der Waals surface area contributed by atoms with Crippen molar-refractivity contribution in [1.82, 2.24) is 10.2 Å². The first-order chi connectivity index (χ1) is 16.6. The lowest BCUT2D eigenvalue weighted by atomic mass is 10.1. The van der Waals surface area contributed by atoms with E-state index in [9.17, 15) is 23.3 Å². The van der Waals surface area contributed by atoms with E-state index in [1.807, 2.05) is 13.0 Å². The Kier molecular flexibility index (Phi) is 7.95. The highest BCUT2D eigenvalue weighted by Crippen LogP contribution is 2.30. The fourth-order valence-corrected chi connectivity index (χ4v) is 4.29. The lowest BCUT2D eigenvalue weighted by Gasteiger charge is -2.12. The molecule has 2 aromatic carbocycles. The van der Waals surface area contributed by atoms with E-state index in [4.69, 9.17) is 9.47 Å². The zero-order valence-corrected chi connectivity index (χ0v) is 20.6. The summed E-state index contributed by atoms with van der Waals surface area (Å²) in [4.78, 5) is 25.0. The van der Waals surface area contributed by atoms with Crippen LogP contribution >= 0.6 is 11.3 Å². The van der Waals surface area contributed by atoms with Gasteiger partial charge in [-0.1, -0.05) is 35.1 Å². The maximum Gasteiger partial charge on any atom is 0.343 e. The molecule has 0 aliphatic rings. The van der Waals surface area contributed by atoms with Crippen LogP contribution in [-0.4, -0.2) is 43.4 Å². The number of hydrogen-bond donors (Lipinski definition) is 1. The average molecular weight is 513 g/mol. The monoisotopic (exact) mass is 512 g/mol. The lowest BCUT2D eigenvalue weighted by molar-refractivity contribution is -0.112. The summed E-state index contributed by atoms with van der Waals surface area (Å²) in [5.74, 6) is -0.917. The first kappa shape index (κ1) is 25.5. The van der Waals surface area contributed by atoms with Crippen molar-refractivity contribution in [2.24, 2.45) is 0 Å². The summed E-state index contributed by atoms with van der Waals surface area (Å²) < 4.78 is 33.9. The molecule has 3 rings (SSSR count). The molecule has 1 amide bonds. The van der Waals surface area contributed by atoms with Gasteiger partial charge in [-0.2, -0.15) is 5.26 Å². The smallest absolute Gasteiger partial charge is 0.343 e. The molecule has 12 heteroatoms. The van der Waals surface area contributed by atoms with Crippen molar-refractivity contribution in [2.75, 3.05) is 18.2 Å². The number of esters is 1. The summed E-state index contributed by atoms with van der Waals surface area (Å²) in [6.07, 6.45) is 2.28. The van der Waals surface area contributed by atoms with Crippen LogP contribution in [0.15, 0.2) is 52.4 Å². The molecule has 0 radical (unpaired) electrons. The van der Waals surface area contributed by atoms with E-state index in [0.717, 1.165) is 11.8 Å². The molecule has 35 heavy (non-hydrogen) atoms. The molecule has 0 fully saturated rings. The van der Waals surface area contributed by atoms with Gasteiger partial charge in [-0.05, 0) is 49.8 Å². The number of aromatic nitrogens is 2. The van der Waals surface area contributed by atoms with E-state index in [2.05, 4.69) is 15.5 Å². The SMILES string of the molecule is CCOc1cc(C=C(C#N)C(=O)Nc2nnc(S(C)(=O)=O)s2)ccc1OC(=O)c1cccc(C)c1. The summed E-state index contributed by atoms with van der Waals surface area (Å²) in [6, 6.07) is 13.3. The largest absolute Gasteiger partial charge is 0.490 e. The van der Waals surface area contributed by atoms with Crippen molar-refractivity contribution in [3.8, 4) is 17.6 Å². The highest BCUT2D eigenvalue weighted by Gasteiger charge is 2.18. The van der Waals surface area contributed by atoms with Gasteiger partial charge in [0.25, 0.3) is 5.91 Å². The van der Waals surface area contributed by atoms with Crippen LogP contribution in [0.4, 0.5) is 5.13 Å². The zero-order valence-electron chi connectivity index (χ0n) is 18.9. The summed E-state index contributed by atoms with van der Waals surface area (Å²) in [5.41, 5.74) is 1.46. The first-order valence-electron chi connectivity index (χ1n) is 10.1. The Bertz CT molecular complexity index is 1450. The minimum absolute atomic E-state index is 0.0648. The molecule has 0 saturated heterocycles. The highest BCUT2D eigenvalue weighted by atomic mass is 32.2. The zero-order chi connectivity index (χ0) is 25.6. The van der Waals surface area contributed by atoms with Gasteiger partial charge in [-0.3, -0.25) is 10.1 Å². The van der Waals surface area contributed by atoms with Crippen LogP contribution in [0.5, 0.6) is 11.5 Å². The van der Waals surface area contributed by atoms with Gasteiger partial charge in [0.1, 0.15) is 11.6 Å². The number of nitrogens with one attached hydrogen (secondary N) is 1. The Morgan fingerprint density at radius 2 is 1.94 bits per heavy atom. The molecule has 1 heterocycles. The third-order valence-corrected chi connectivity index (χ3v) is 6.85. The van der Waals surface area contributed by atoms with E-state index < -0.39 is 21.7 Å². The second-order valence-electron chi connectivity index (χ2n) is 7.17. The van der Waals surface area contributed by atoms with Crippen LogP contribution in [0.1, 0.15) is 28.4 Å². The van der Waals surface area contributed by atoms with E-state index in [-0.39, 0.29) is 33.2 Å². The molecule has 1 aromatic heterocycles. The van der Waals surface area contributed by atoms with Gasteiger partial charge in [0.2, 0.25) is 19.3 Å². The van der Waals surface area contributed by atoms with Gasteiger partial charge in [0.15, 0.2) is 11.5 Å². The number of aryl methyl sites for hydroxylation is 1. The average Bonchev–Trinajstić information content (AvgIpc) is 3.28. The lowest BCUT2D eigenvalue weighted by Crippen LogP contribution is -2.13. The number of carbonyl (C=O) groups is 2. The van der Waals surface area contributed by atoms with Gasteiger partial charge in [0, 0.05) is 6.26 Å². The molecule has 0 atom stereocenters. The molecule has 0 bridgehead atoms. The van der Waals surface area contributed by atoms with E-state index >= 15 is 0 Å². The van der Waals surface area contributed by atoms with Crippen LogP contribution in [0.2, 0.25) is 0 Å². The highest BCUT2D eigenvalue weighted by molar-refractivity contribution is 7.92. The quantitative estimate of drug-likeness (QED) is 0.157. The van der Waals surface area contributed by atoms with Crippen LogP contribution in [0, 0.1) is 18.3 Å². The van der Waals surface area contributed by atoms with Crippen molar-refractivity contribution in [3.63, 3.8) is 0 Å². The van der Waals surface area contributed by atoms with Crippen LogP contribution in [0.3, 0.4) is 0 Å². The number of sulfone groups is 1. The van der Waals surface area contributed by atoms with Gasteiger partial charge < -0.3 is 9.47 Å². The second-order valence-corrected chi connectivity index (χ2v) is 10.3. The number of carbonyl (C=O) groups excluding carboxylic acids is 2. The summed E-state index contributed by atoms with van der Waals surface area (Å²) in [5, 5.41) is 18.9. The number of benzene rings is 2. The summed E-state index contributed by atoms with van der Waals surface area (Å²) in [7, 11) is -3.57. The number of nitriles is 1. The normalized spacial score (nSPS) is 11.4. The fourth-order valence-electron chi connectivity index (χ4n) is 2.79.